The lowest BCUT2D eigenvalue weighted by Gasteiger charge is -2.34. The standard InChI is InChI=1S/C16H19ClN4O4/c17-14-9-12(21(24)25)3-4-13(14)16(23)20-7-5-19(6-8-20)10-15(22)18-11-1-2-11/h3-4,9,11H,1-2,5-8,10H2,(H,18,22). The van der Waals surface area contributed by atoms with Crippen molar-refractivity contribution in [1.29, 1.82) is 0 Å². The van der Waals surface area contributed by atoms with E-state index in [9.17, 15) is 19.7 Å². The molecule has 25 heavy (non-hydrogen) atoms. The van der Waals surface area contributed by atoms with Crippen LogP contribution in [0.15, 0.2) is 18.2 Å². The zero-order valence-electron chi connectivity index (χ0n) is 13.6. The molecule has 0 radical (unpaired) electrons. The summed E-state index contributed by atoms with van der Waals surface area (Å²) in [7, 11) is 0. The number of rotatable bonds is 5. The van der Waals surface area contributed by atoms with Gasteiger partial charge in [-0.3, -0.25) is 24.6 Å². The smallest absolute Gasteiger partial charge is 0.270 e. The van der Waals surface area contributed by atoms with Gasteiger partial charge in [0.2, 0.25) is 5.91 Å². The molecule has 0 bridgehead atoms. The molecule has 1 saturated heterocycles. The van der Waals surface area contributed by atoms with Crippen LogP contribution in [0.4, 0.5) is 5.69 Å². The molecule has 1 aliphatic heterocycles. The number of amides is 2. The Morgan fingerprint density at radius 2 is 1.92 bits per heavy atom. The Labute approximate surface area is 149 Å². The number of nitro groups is 1. The molecule has 1 aromatic carbocycles. The Kier molecular flexibility index (Phi) is 5.19. The van der Waals surface area contributed by atoms with E-state index in [0.29, 0.717) is 38.8 Å². The molecule has 1 heterocycles. The van der Waals surface area contributed by atoms with Gasteiger partial charge in [-0.2, -0.15) is 0 Å². The van der Waals surface area contributed by atoms with Crippen LogP contribution < -0.4 is 5.32 Å². The summed E-state index contributed by atoms with van der Waals surface area (Å²) in [6, 6.07) is 4.20. The van der Waals surface area contributed by atoms with Gasteiger partial charge in [0.25, 0.3) is 11.6 Å². The van der Waals surface area contributed by atoms with Gasteiger partial charge in [-0.25, -0.2) is 0 Å². The van der Waals surface area contributed by atoms with Crippen LogP contribution in [-0.4, -0.2) is 65.3 Å². The Morgan fingerprint density at radius 1 is 1.24 bits per heavy atom. The van der Waals surface area contributed by atoms with Crippen LogP contribution in [0.25, 0.3) is 0 Å². The molecule has 3 rings (SSSR count). The SMILES string of the molecule is O=C(CN1CCN(C(=O)c2ccc([N+](=O)[O-])cc2Cl)CC1)NC1CC1. The number of non-ortho nitro benzene ring substituents is 1. The second kappa shape index (κ2) is 7.37. The molecule has 1 aliphatic carbocycles. The zero-order valence-corrected chi connectivity index (χ0v) is 14.4. The lowest BCUT2D eigenvalue weighted by Crippen LogP contribution is -2.51. The first-order chi connectivity index (χ1) is 11.9. The predicted molar refractivity (Wildman–Crippen MR) is 91.6 cm³/mol. The number of nitro benzene ring substituents is 1. The number of piperazine rings is 1. The molecule has 0 atom stereocenters. The average molecular weight is 367 g/mol. The molecule has 1 saturated carbocycles. The molecule has 0 spiro atoms. The number of nitrogens with zero attached hydrogens (tertiary/aromatic N) is 3. The van der Waals surface area contributed by atoms with E-state index in [1.165, 1.54) is 18.2 Å². The fraction of sp³-hybridized carbons (Fsp3) is 0.500. The van der Waals surface area contributed by atoms with E-state index < -0.39 is 4.92 Å². The molecule has 1 aromatic rings. The maximum absolute atomic E-state index is 12.6. The summed E-state index contributed by atoms with van der Waals surface area (Å²) in [6.45, 7) is 2.53. The van der Waals surface area contributed by atoms with Gasteiger partial charge in [0.05, 0.1) is 22.1 Å². The molecule has 2 amide bonds. The van der Waals surface area contributed by atoms with Crippen molar-refractivity contribution >= 4 is 29.1 Å². The predicted octanol–water partition coefficient (Wildman–Crippen LogP) is 1.28. The fourth-order valence-electron chi connectivity index (χ4n) is 2.77. The molecule has 9 heteroatoms. The maximum Gasteiger partial charge on any atom is 0.270 e. The maximum atomic E-state index is 12.6. The first-order valence-electron chi connectivity index (χ1n) is 8.19. The van der Waals surface area contributed by atoms with Crippen LogP contribution in [0.2, 0.25) is 5.02 Å². The Bertz CT molecular complexity index is 699. The summed E-state index contributed by atoms with van der Waals surface area (Å²) in [4.78, 5) is 38.2. The Morgan fingerprint density at radius 3 is 2.48 bits per heavy atom. The highest BCUT2D eigenvalue weighted by Gasteiger charge is 2.27. The summed E-state index contributed by atoms with van der Waals surface area (Å²) in [5.74, 6) is -0.220. The van der Waals surface area contributed by atoms with Crippen molar-refractivity contribution in [3.05, 3.63) is 38.9 Å². The highest BCUT2D eigenvalue weighted by Crippen LogP contribution is 2.24. The number of carbonyl (C=O) groups is 2. The molecular formula is C16H19ClN4O4. The third-order valence-electron chi connectivity index (χ3n) is 4.36. The summed E-state index contributed by atoms with van der Waals surface area (Å²) in [5, 5.41) is 13.8. The van der Waals surface area contributed by atoms with E-state index in [-0.39, 0.29) is 28.1 Å². The summed E-state index contributed by atoms with van der Waals surface area (Å²) < 4.78 is 0. The largest absolute Gasteiger partial charge is 0.352 e. The van der Waals surface area contributed by atoms with Crippen LogP contribution in [0.3, 0.4) is 0 Å². The lowest BCUT2D eigenvalue weighted by molar-refractivity contribution is -0.384. The van der Waals surface area contributed by atoms with Crippen molar-refractivity contribution in [2.24, 2.45) is 0 Å². The van der Waals surface area contributed by atoms with Crippen molar-refractivity contribution < 1.29 is 14.5 Å². The van der Waals surface area contributed by atoms with Crippen molar-refractivity contribution in [2.75, 3.05) is 32.7 Å². The third kappa shape index (κ3) is 4.46. The summed E-state index contributed by atoms with van der Waals surface area (Å²) in [5.41, 5.74) is 0.111. The monoisotopic (exact) mass is 366 g/mol. The van der Waals surface area contributed by atoms with Crippen molar-refractivity contribution in [1.82, 2.24) is 15.1 Å². The van der Waals surface area contributed by atoms with E-state index >= 15 is 0 Å². The Balaban J connectivity index is 1.54. The van der Waals surface area contributed by atoms with Gasteiger partial charge >= 0.3 is 0 Å². The van der Waals surface area contributed by atoms with E-state index in [2.05, 4.69) is 5.32 Å². The quantitative estimate of drug-likeness (QED) is 0.625. The van der Waals surface area contributed by atoms with E-state index in [0.717, 1.165) is 12.8 Å². The van der Waals surface area contributed by atoms with Crippen LogP contribution in [0, 0.1) is 10.1 Å². The molecule has 134 valence electrons. The van der Waals surface area contributed by atoms with Crippen LogP contribution in [-0.2, 0) is 4.79 Å². The van der Waals surface area contributed by atoms with Gasteiger partial charge in [-0.15, -0.1) is 0 Å². The molecule has 2 aliphatic rings. The van der Waals surface area contributed by atoms with Crippen molar-refractivity contribution in [3.63, 3.8) is 0 Å². The first-order valence-corrected chi connectivity index (χ1v) is 8.57. The minimum absolute atomic E-state index is 0.0284. The number of hydrogen-bond acceptors (Lipinski definition) is 5. The van der Waals surface area contributed by atoms with Gasteiger partial charge in [0, 0.05) is 44.4 Å². The molecule has 0 aromatic heterocycles. The molecule has 8 nitrogen and oxygen atoms in total. The van der Waals surface area contributed by atoms with Gasteiger partial charge in [0.1, 0.15) is 0 Å². The van der Waals surface area contributed by atoms with Crippen molar-refractivity contribution in [2.45, 2.75) is 18.9 Å². The van der Waals surface area contributed by atoms with E-state index in [1.54, 1.807) is 4.90 Å². The van der Waals surface area contributed by atoms with Gasteiger partial charge < -0.3 is 10.2 Å². The molecular weight excluding hydrogens is 348 g/mol. The second-order valence-corrected chi connectivity index (χ2v) is 6.74. The zero-order chi connectivity index (χ0) is 18.0. The summed E-state index contributed by atoms with van der Waals surface area (Å²) >= 11 is 6.02. The van der Waals surface area contributed by atoms with E-state index in [1.807, 2.05) is 4.90 Å². The number of nitrogens with one attached hydrogen (secondary N) is 1. The van der Waals surface area contributed by atoms with Gasteiger partial charge in [-0.1, -0.05) is 11.6 Å². The minimum atomic E-state index is -0.550. The number of halogens is 1. The highest BCUT2D eigenvalue weighted by molar-refractivity contribution is 6.34. The number of hydrogen-bond donors (Lipinski definition) is 1. The summed E-state index contributed by atoms with van der Waals surface area (Å²) in [6.07, 6.45) is 2.12. The lowest BCUT2D eigenvalue weighted by atomic mass is 10.1. The fourth-order valence-corrected chi connectivity index (χ4v) is 3.03. The number of carbonyl (C=O) groups excluding carboxylic acids is 2. The normalized spacial score (nSPS) is 18.0. The molecule has 1 N–H and O–H groups in total. The second-order valence-electron chi connectivity index (χ2n) is 6.33. The van der Waals surface area contributed by atoms with Crippen molar-refractivity contribution in [3.8, 4) is 0 Å². The number of benzene rings is 1. The Hall–Kier alpha value is -2.19. The average Bonchev–Trinajstić information content (AvgIpc) is 3.38. The van der Waals surface area contributed by atoms with Crippen LogP contribution >= 0.6 is 11.6 Å². The third-order valence-corrected chi connectivity index (χ3v) is 4.68. The molecule has 0 unspecified atom stereocenters. The van der Waals surface area contributed by atoms with Crippen LogP contribution in [0.5, 0.6) is 0 Å². The van der Waals surface area contributed by atoms with E-state index in [4.69, 9.17) is 11.6 Å². The van der Waals surface area contributed by atoms with Gasteiger partial charge in [0.15, 0.2) is 0 Å². The highest BCUT2D eigenvalue weighted by atomic mass is 35.5. The molecule has 2 fully saturated rings. The minimum Gasteiger partial charge on any atom is -0.352 e. The first kappa shape index (κ1) is 17.6. The van der Waals surface area contributed by atoms with Crippen LogP contribution in [0.1, 0.15) is 23.2 Å². The van der Waals surface area contributed by atoms with Gasteiger partial charge in [-0.05, 0) is 18.9 Å². The topological polar surface area (TPSA) is 95.8 Å².